The largest absolute Gasteiger partial charge is 0.321 e. The van der Waals surface area contributed by atoms with Crippen molar-refractivity contribution in [1.82, 2.24) is 0 Å². The highest BCUT2D eigenvalue weighted by atomic mass is 35.5. The van der Waals surface area contributed by atoms with Gasteiger partial charge in [-0.15, -0.1) is 0 Å². The van der Waals surface area contributed by atoms with Crippen molar-refractivity contribution < 1.29 is 13.2 Å². The molecule has 0 atom stereocenters. The number of amides is 1. The van der Waals surface area contributed by atoms with E-state index in [9.17, 15) is 13.2 Å². The highest BCUT2D eigenvalue weighted by Crippen LogP contribution is 2.26. The number of carbonyl (C=O) groups is 1. The maximum Gasteiger partial charge on any atom is 0.255 e. The Morgan fingerprint density at radius 1 is 0.963 bits per heavy atom. The second-order valence-electron chi connectivity index (χ2n) is 6.19. The standard InChI is InChI=1S/C21H18ClNO3S/c1-27(25,26)17-11-12-19(22)20(14-17)23-21(24)18-10-6-5-9-16(18)13-15-7-3-2-4-8-15/h2-12,14H,13H2,1H3,(H,23,24). The number of halogens is 1. The van der Waals surface area contributed by atoms with Crippen molar-refractivity contribution in [1.29, 1.82) is 0 Å². The van der Waals surface area contributed by atoms with Gasteiger partial charge in [-0.25, -0.2) is 8.42 Å². The van der Waals surface area contributed by atoms with E-state index in [0.29, 0.717) is 12.0 Å². The van der Waals surface area contributed by atoms with Gasteiger partial charge in [0, 0.05) is 11.8 Å². The molecule has 0 saturated heterocycles. The van der Waals surface area contributed by atoms with Crippen LogP contribution in [0.3, 0.4) is 0 Å². The fourth-order valence-electron chi connectivity index (χ4n) is 2.73. The lowest BCUT2D eigenvalue weighted by Crippen LogP contribution is -2.15. The van der Waals surface area contributed by atoms with E-state index in [1.54, 1.807) is 12.1 Å². The molecular weight excluding hydrogens is 382 g/mol. The summed E-state index contributed by atoms with van der Waals surface area (Å²) in [5.74, 6) is -0.339. The molecule has 1 amide bonds. The van der Waals surface area contributed by atoms with Gasteiger partial charge in [-0.05, 0) is 41.8 Å². The van der Waals surface area contributed by atoms with Gasteiger partial charge in [-0.1, -0.05) is 60.1 Å². The summed E-state index contributed by atoms with van der Waals surface area (Å²) in [5.41, 5.74) is 2.74. The van der Waals surface area contributed by atoms with Gasteiger partial charge in [0.1, 0.15) is 0 Å². The van der Waals surface area contributed by atoms with Crippen molar-refractivity contribution in [3.8, 4) is 0 Å². The molecule has 138 valence electrons. The summed E-state index contributed by atoms with van der Waals surface area (Å²) in [4.78, 5) is 12.9. The Kier molecular flexibility index (Phi) is 5.63. The fourth-order valence-corrected chi connectivity index (χ4v) is 3.54. The summed E-state index contributed by atoms with van der Waals surface area (Å²) < 4.78 is 23.5. The van der Waals surface area contributed by atoms with Crippen LogP contribution in [0, 0.1) is 0 Å². The maximum atomic E-state index is 12.8. The van der Waals surface area contributed by atoms with Crippen molar-refractivity contribution in [2.45, 2.75) is 11.3 Å². The molecule has 27 heavy (non-hydrogen) atoms. The van der Waals surface area contributed by atoms with Crippen LogP contribution in [0.5, 0.6) is 0 Å². The van der Waals surface area contributed by atoms with Crippen LogP contribution in [0.1, 0.15) is 21.5 Å². The SMILES string of the molecule is CS(=O)(=O)c1ccc(Cl)c(NC(=O)c2ccccc2Cc2ccccc2)c1. The predicted octanol–water partition coefficient (Wildman–Crippen LogP) is 4.59. The smallest absolute Gasteiger partial charge is 0.255 e. The van der Waals surface area contributed by atoms with E-state index in [1.807, 2.05) is 42.5 Å². The Hall–Kier alpha value is -2.63. The molecule has 0 unspecified atom stereocenters. The van der Waals surface area contributed by atoms with Crippen LogP contribution in [0.4, 0.5) is 5.69 Å². The van der Waals surface area contributed by atoms with Crippen molar-refractivity contribution >= 4 is 33.0 Å². The Balaban J connectivity index is 1.90. The molecule has 0 aliphatic carbocycles. The van der Waals surface area contributed by atoms with Gasteiger partial charge in [0.25, 0.3) is 5.91 Å². The molecule has 3 rings (SSSR count). The van der Waals surface area contributed by atoms with Gasteiger partial charge in [0.05, 0.1) is 15.6 Å². The van der Waals surface area contributed by atoms with Gasteiger partial charge in [-0.3, -0.25) is 4.79 Å². The van der Waals surface area contributed by atoms with Gasteiger partial charge < -0.3 is 5.32 Å². The quantitative estimate of drug-likeness (QED) is 0.682. The molecule has 0 bridgehead atoms. The van der Waals surface area contributed by atoms with E-state index in [1.165, 1.54) is 18.2 Å². The highest BCUT2D eigenvalue weighted by Gasteiger charge is 2.15. The summed E-state index contributed by atoms with van der Waals surface area (Å²) in [6, 6.07) is 21.4. The molecule has 6 heteroatoms. The fraction of sp³-hybridized carbons (Fsp3) is 0.0952. The molecule has 0 saturated carbocycles. The molecule has 1 N–H and O–H groups in total. The van der Waals surface area contributed by atoms with Crippen LogP contribution >= 0.6 is 11.6 Å². The molecule has 0 heterocycles. The van der Waals surface area contributed by atoms with Crippen molar-refractivity contribution in [2.75, 3.05) is 11.6 Å². The first-order valence-electron chi connectivity index (χ1n) is 8.27. The zero-order valence-electron chi connectivity index (χ0n) is 14.6. The molecule has 0 radical (unpaired) electrons. The Morgan fingerprint density at radius 2 is 1.63 bits per heavy atom. The van der Waals surface area contributed by atoms with Gasteiger partial charge in [0.15, 0.2) is 9.84 Å². The normalized spacial score (nSPS) is 11.2. The zero-order valence-corrected chi connectivity index (χ0v) is 16.2. The minimum Gasteiger partial charge on any atom is -0.321 e. The van der Waals surface area contributed by atoms with Gasteiger partial charge in [-0.2, -0.15) is 0 Å². The van der Waals surface area contributed by atoms with Crippen LogP contribution < -0.4 is 5.32 Å². The summed E-state index contributed by atoms with van der Waals surface area (Å²) in [5, 5.41) is 3.00. The van der Waals surface area contributed by atoms with Gasteiger partial charge in [0.2, 0.25) is 0 Å². The summed E-state index contributed by atoms with van der Waals surface area (Å²) >= 11 is 6.14. The minimum atomic E-state index is -3.40. The van der Waals surface area contributed by atoms with Crippen LogP contribution in [0.15, 0.2) is 77.7 Å². The zero-order chi connectivity index (χ0) is 19.4. The first kappa shape index (κ1) is 19.1. The first-order chi connectivity index (χ1) is 12.8. The van der Waals surface area contributed by atoms with Crippen LogP contribution in [-0.4, -0.2) is 20.6 Å². The molecule has 3 aromatic rings. The first-order valence-corrected chi connectivity index (χ1v) is 10.5. The van der Waals surface area contributed by atoms with E-state index >= 15 is 0 Å². The summed E-state index contributed by atoms with van der Waals surface area (Å²) in [6.07, 6.45) is 1.72. The maximum absolute atomic E-state index is 12.8. The third-order valence-corrected chi connectivity index (χ3v) is 5.55. The van der Waals surface area contributed by atoms with E-state index in [-0.39, 0.29) is 21.5 Å². The number of anilines is 1. The molecular formula is C21H18ClNO3S. The van der Waals surface area contributed by atoms with E-state index in [0.717, 1.165) is 17.4 Å². The second kappa shape index (κ2) is 7.94. The highest BCUT2D eigenvalue weighted by molar-refractivity contribution is 7.90. The Labute approximate surface area is 163 Å². The van der Waals surface area contributed by atoms with Crippen molar-refractivity contribution in [3.63, 3.8) is 0 Å². The topological polar surface area (TPSA) is 63.2 Å². The Bertz CT molecular complexity index is 1080. The van der Waals surface area contributed by atoms with Crippen molar-refractivity contribution in [3.05, 3.63) is 94.5 Å². The van der Waals surface area contributed by atoms with E-state index in [2.05, 4.69) is 5.32 Å². The number of nitrogens with one attached hydrogen (secondary N) is 1. The van der Waals surface area contributed by atoms with Crippen LogP contribution in [0.2, 0.25) is 5.02 Å². The van der Waals surface area contributed by atoms with Crippen LogP contribution in [0.25, 0.3) is 0 Å². The Morgan fingerprint density at radius 3 is 2.33 bits per heavy atom. The molecule has 0 aliphatic heterocycles. The average Bonchev–Trinajstić information content (AvgIpc) is 2.64. The number of hydrogen-bond acceptors (Lipinski definition) is 3. The number of carbonyl (C=O) groups excluding carboxylic acids is 1. The predicted molar refractivity (Wildman–Crippen MR) is 108 cm³/mol. The third kappa shape index (κ3) is 4.76. The van der Waals surface area contributed by atoms with Crippen LogP contribution in [-0.2, 0) is 16.3 Å². The lowest BCUT2D eigenvalue weighted by Gasteiger charge is -2.12. The lowest BCUT2D eigenvalue weighted by atomic mass is 9.99. The monoisotopic (exact) mass is 399 g/mol. The number of benzene rings is 3. The average molecular weight is 400 g/mol. The molecule has 0 spiro atoms. The summed E-state index contributed by atoms with van der Waals surface area (Å²) in [6.45, 7) is 0. The summed E-state index contributed by atoms with van der Waals surface area (Å²) in [7, 11) is -3.40. The molecule has 0 aromatic heterocycles. The van der Waals surface area contributed by atoms with Crippen molar-refractivity contribution in [2.24, 2.45) is 0 Å². The third-order valence-electron chi connectivity index (χ3n) is 4.11. The van der Waals surface area contributed by atoms with Gasteiger partial charge >= 0.3 is 0 Å². The molecule has 0 aliphatic rings. The number of rotatable bonds is 5. The number of hydrogen-bond donors (Lipinski definition) is 1. The minimum absolute atomic E-state index is 0.0970. The number of sulfone groups is 1. The molecule has 3 aromatic carbocycles. The van der Waals surface area contributed by atoms with E-state index in [4.69, 9.17) is 11.6 Å². The molecule has 4 nitrogen and oxygen atoms in total. The molecule has 0 fully saturated rings. The van der Waals surface area contributed by atoms with E-state index < -0.39 is 9.84 Å². The second-order valence-corrected chi connectivity index (χ2v) is 8.61. The lowest BCUT2D eigenvalue weighted by molar-refractivity contribution is 0.102.